The van der Waals surface area contributed by atoms with Crippen LogP contribution in [0, 0.1) is 11.6 Å². The molecule has 0 unspecified atom stereocenters. The Morgan fingerprint density at radius 1 is 1.27 bits per heavy atom. The maximum atomic E-state index is 13.7. The topological polar surface area (TPSA) is 69.0 Å². The Hall–Kier alpha value is -2.94. The number of alkyl carbamates (subject to hydrolysis) is 1. The van der Waals surface area contributed by atoms with E-state index in [0.717, 1.165) is 22.3 Å². The lowest BCUT2D eigenvalue weighted by atomic mass is 10.1. The fraction of sp³-hybridized carbons (Fsp3) is 0.286. The second-order valence-electron chi connectivity index (χ2n) is 6.85. The van der Waals surface area contributed by atoms with Crippen LogP contribution in [0.5, 0.6) is 0 Å². The van der Waals surface area contributed by atoms with Crippen LogP contribution in [0.15, 0.2) is 52.6 Å². The van der Waals surface area contributed by atoms with Crippen LogP contribution in [-0.4, -0.2) is 27.7 Å². The van der Waals surface area contributed by atoms with Gasteiger partial charge in [0.05, 0.1) is 12.2 Å². The highest BCUT2D eigenvalue weighted by atomic mass is 32.2. The smallest absolute Gasteiger partial charge is 0.407 e. The molecular formula is C21H22F2N4O2S. The number of rotatable bonds is 7. The van der Waals surface area contributed by atoms with Crippen LogP contribution in [0.3, 0.4) is 0 Å². The summed E-state index contributed by atoms with van der Waals surface area (Å²) in [6.45, 7) is 4.34. The van der Waals surface area contributed by atoms with E-state index in [4.69, 9.17) is 4.74 Å². The Labute approximate surface area is 177 Å². The van der Waals surface area contributed by atoms with Crippen LogP contribution >= 0.6 is 11.8 Å². The minimum absolute atomic E-state index is 0.0415. The lowest BCUT2D eigenvalue weighted by Gasteiger charge is -2.14. The molecule has 3 aromatic rings. The van der Waals surface area contributed by atoms with Crippen molar-refractivity contribution in [3.63, 3.8) is 0 Å². The Morgan fingerprint density at radius 3 is 2.60 bits per heavy atom. The molecule has 0 atom stereocenters. The molecule has 2 heterocycles. The van der Waals surface area contributed by atoms with Crippen LogP contribution in [0.25, 0.3) is 0 Å². The average Bonchev–Trinajstić information content (AvgIpc) is 3.03. The molecule has 2 aromatic heterocycles. The fourth-order valence-corrected chi connectivity index (χ4v) is 4.07. The predicted molar refractivity (Wildman–Crippen MR) is 109 cm³/mol. The fourth-order valence-electron chi connectivity index (χ4n) is 2.83. The third-order valence-corrected chi connectivity index (χ3v) is 5.32. The highest BCUT2D eigenvalue weighted by molar-refractivity contribution is 7.99. The number of carbonyl (C=O) groups excluding carboxylic acids is 1. The summed E-state index contributed by atoms with van der Waals surface area (Å²) in [5.41, 5.74) is 1.67. The lowest BCUT2D eigenvalue weighted by molar-refractivity contribution is 0.137. The van der Waals surface area contributed by atoms with Gasteiger partial charge in [-0.25, -0.2) is 18.6 Å². The second kappa shape index (κ2) is 9.71. The van der Waals surface area contributed by atoms with Crippen molar-refractivity contribution in [2.45, 2.75) is 42.8 Å². The summed E-state index contributed by atoms with van der Waals surface area (Å²) < 4.78 is 34.6. The van der Waals surface area contributed by atoms with Crippen molar-refractivity contribution < 1.29 is 18.3 Å². The number of halogens is 2. The molecule has 9 heteroatoms. The van der Waals surface area contributed by atoms with Crippen LogP contribution in [0.2, 0.25) is 0 Å². The quantitative estimate of drug-likeness (QED) is 0.584. The first-order valence-corrected chi connectivity index (χ1v) is 10.2. The lowest BCUT2D eigenvalue weighted by Crippen LogP contribution is -2.20. The standard InChI is InChI=1S/C21H22F2N4O2S/c1-13(2)19-20(30-17-8-15(22)7-16(23)9-17)27(11-14-5-4-6-25-10-14)18(26-19)12-29-21(28)24-3/h4-10,13H,11-12H2,1-3H3,(H,24,28). The number of amides is 1. The first-order valence-electron chi connectivity index (χ1n) is 9.34. The summed E-state index contributed by atoms with van der Waals surface area (Å²) in [6, 6.07) is 7.13. The summed E-state index contributed by atoms with van der Waals surface area (Å²) in [6.07, 6.45) is 2.84. The van der Waals surface area contributed by atoms with Gasteiger partial charge in [0.25, 0.3) is 0 Å². The zero-order chi connectivity index (χ0) is 21.7. The molecule has 0 aliphatic rings. The number of ether oxygens (including phenoxy) is 1. The molecule has 0 aliphatic carbocycles. The van der Waals surface area contributed by atoms with Crippen molar-refractivity contribution in [2.24, 2.45) is 0 Å². The van der Waals surface area contributed by atoms with E-state index in [-0.39, 0.29) is 12.5 Å². The van der Waals surface area contributed by atoms with Gasteiger partial charge < -0.3 is 14.6 Å². The maximum Gasteiger partial charge on any atom is 0.407 e. The molecule has 0 saturated heterocycles. The van der Waals surface area contributed by atoms with Gasteiger partial charge in [-0.05, 0) is 29.7 Å². The normalized spacial score (nSPS) is 11.0. The molecule has 1 N–H and O–H groups in total. The molecule has 1 amide bonds. The highest BCUT2D eigenvalue weighted by Crippen LogP contribution is 2.36. The van der Waals surface area contributed by atoms with E-state index in [2.05, 4.69) is 15.3 Å². The van der Waals surface area contributed by atoms with Gasteiger partial charge in [-0.15, -0.1) is 0 Å². The largest absolute Gasteiger partial charge is 0.441 e. The second-order valence-corrected chi connectivity index (χ2v) is 7.92. The average molecular weight is 432 g/mol. The van der Waals surface area contributed by atoms with Crippen molar-refractivity contribution >= 4 is 17.9 Å². The van der Waals surface area contributed by atoms with Gasteiger partial charge in [-0.1, -0.05) is 31.7 Å². The molecular weight excluding hydrogens is 410 g/mol. The minimum atomic E-state index is -0.648. The highest BCUT2D eigenvalue weighted by Gasteiger charge is 2.22. The number of imidazole rings is 1. The zero-order valence-electron chi connectivity index (χ0n) is 16.9. The van der Waals surface area contributed by atoms with Crippen molar-refractivity contribution in [1.29, 1.82) is 0 Å². The van der Waals surface area contributed by atoms with Crippen LogP contribution in [0.1, 0.15) is 36.8 Å². The number of benzene rings is 1. The molecule has 6 nitrogen and oxygen atoms in total. The Kier molecular flexibility index (Phi) is 7.04. The molecule has 0 radical (unpaired) electrons. The number of carbonyl (C=O) groups is 1. The van der Waals surface area contributed by atoms with E-state index in [0.29, 0.717) is 17.3 Å². The number of nitrogens with zero attached hydrogens (tertiary/aromatic N) is 3. The summed E-state index contributed by atoms with van der Waals surface area (Å²) in [5.74, 6) is -0.722. The van der Waals surface area contributed by atoms with E-state index in [1.54, 1.807) is 12.4 Å². The van der Waals surface area contributed by atoms with Gasteiger partial charge in [0.2, 0.25) is 0 Å². The molecule has 158 valence electrons. The van der Waals surface area contributed by atoms with Gasteiger partial charge in [0.1, 0.15) is 22.5 Å². The van der Waals surface area contributed by atoms with Crippen molar-refractivity contribution in [3.8, 4) is 0 Å². The third-order valence-electron chi connectivity index (χ3n) is 4.22. The molecule has 3 rings (SSSR count). The van der Waals surface area contributed by atoms with Gasteiger partial charge in [0.15, 0.2) is 6.61 Å². The molecule has 0 bridgehead atoms. The third kappa shape index (κ3) is 5.35. The van der Waals surface area contributed by atoms with Crippen LogP contribution < -0.4 is 5.32 Å². The molecule has 0 spiro atoms. The predicted octanol–water partition coefficient (Wildman–Crippen LogP) is 4.74. The number of hydrogen-bond donors (Lipinski definition) is 1. The summed E-state index contributed by atoms with van der Waals surface area (Å²) in [5, 5.41) is 3.14. The van der Waals surface area contributed by atoms with Crippen LogP contribution in [-0.2, 0) is 17.9 Å². The van der Waals surface area contributed by atoms with Crippen molar-refractivity contribution in [3.05, 3.63) is 71.4 Å². The Bertz CT molecular complexity index is 1010. The maximum absolute atomic E-state index is 13.7. The monoisotopic (exact) mass is 432 g/mol. The Balaban J connectivity index is 2.06. The first kappa shape index (κ1) is 21.8. The number of aromatic nitrogens is 3. The van der Waals surface area contributed by atoms with Gasteiger partial charge in [-0.2, -0.15) is 0 Å². The summed E-state index contributed by atoms with van der Waals surface area (Å²) in [4.78, 5) is 20.8. The molecule has 30 heavy (non-hydrogen) atoms. The van der Waals surface area contributed by atoms with E-state index < -0.39 is 17.7 Å². The van der Waals surface area contributed by atoms with E-state index >= 15 is 0 Å². The van der Waals surface area contributed by atoms with Crippen LogP contribution in [0.4, 0.5) is 13.6 Å². The zero-order valence-corrected chi connectivity index (χ0v) is 17.7. The number of hydrogen-bond acceptors (Lipinski definition) is 5. The van der Waals surface area contributed by atoms with E-state index in [1.165, 1.54) is 30.9 Å². The summed E-state index contributed by atoms with van der Waals surface area (Å²) in [7, 11) is 1.48. The van der Waals surface area contributed by atoms with Crippen molar-refractivity contribution in [1.82, 2.24) is 19.9 Å². The van der Waals surface area contributed by atoms with Gasteiger partial charge in [-0.3, -0.25) is 4.98 Å². The number of pyridine rings is 1. The van der Waals surface area contributed by atoms with Crippen molar-refractivity contribution in [2.75, 3.05) is 7.05 Å². The molecule has 0 aliphatic heterocycles. The number of nitrogens with one attached hydrogen (secondary N) is 1. The molecule has 0 fully saturated rings. The Morgan fingerprint density at radius 2 is 2.00 bits per heavy atom. The van der Waals surface area contributed by atoms with Gasteiger partial charge >= 0.3 is 6.09 Å². The van der Waals surface area contributed by atoms with E-state index in [9.17, 15) is 13.6 Å². The summed E-state index contributed by atoms with van der Waals surface area (Å²) >= 11 is 1.22. The molecule has 0 saturated carbocycles. The van der Waals surface area contributed by atoms with Gasteiger partial charge in [0, 0.05) is 30.4 Å². The SMILES string of the molecule is CNC(=O)OCc1nc(C(C)C)c(Sc2cc(F)cc(F)c2)n1Cc1cccnc1. The first-order chi connectivity index (χ1) is 14.4. The van der Waals surface area contributed by atoms with E-state index in [1.807, 2.05) is 30.5 Å². The molecule has 1 aromatic carbocycles. The minimum Gasteiger partial charge on any atom is -0.441 e.